The summed E-state index contributed by atoms with van der Waals surface area (Å²) in [5, 5.41) is 2.86. The molecule has 0 radical (unpaired) electrons. The average molecular weight is 403 g/mol. The number of nitrogens with one attached hydrogen (secondary N) is 1. The van der Waals surface area contributed by atoms with Gasteiger partial charge in [-0.1, -0.05) is 24.6 Å². The summed E-state index contributed by atoms with van der Waals surface area (Å²) in [5.74, 6) is 0.414. The second kappa shape index (κ2) is 8.75. The number of nitrogens with zero attached hydrogens (tertiary/aromatic N) is 1. The van der Waals surface area contributed by atoms with Gasteiger partial charge in [-0.2, -0.15) is 4.31 Å². The summed E-state index contributed by atoms with van der Waals surface area (Å²) in [5.41, 5.74) is 2.39. The molecular formula is C21H26N2O4S. The number of hydrogen-bond acceptors (Lipinski definition) is 4. The lowest BCUT2D eigenvalue weighted by atomic mass is 10.1. The SMILES string of the molecule is COc1ccc(C)cc1NC(=O)Cc1ccc(S(=O)(=O)N2CCCCC2)cc1. The van der Waals surface area contributed by atoms with Crippen molar-refractivity contribution < 1.29 is 17.9 Å². The molecule has 1 amide bonds. The number of benzene rings is 2. The van der Waals surface area contributed by atoms with Gasteiger partial charge in [-0.25, -0.2) is 8.42 Å². The third-order valence-electron chi connectivity index (χ3n) is 4.87. The number of carbonyl (C=O) groups is 1. The predicted molar refractivity (Wildman–Crippen MR) is 109 cm³/mol. The van der Waals surface area contributed by atoms with Crippen LogP contribution in [-0.4, -0.2) is 38.8 Å². The molecule has 7 heteroatoms. The second-order valence-corrected chi connectivity index (χ2v) is 8.98. The zero-order valence-corrected chi connectivity index (χ0v) is 17.1. The van der Waals surface area contributed by atoms with Gasteiger partial charge in [-0.3, -0.25) is 4.79 Å². The van der Waals surface area contributed by atoms with Crippen molar-refractivity contribution in [1.82, 2.24) is 4.31 Å². The summed E-state index contributed by atoms with van der Waals surface area (Å²) in [4.78, 5) is 12.7. The molecule has 1 aliphatic rings. The van der Waals surface area contributed by atoms with Crippen LogP contribution in [-0.2, 0) is 21.2 Å². The van der Waals surface area contributed by atoms with Crippen LogP contribution in [0.4, 0.5) is 5.69 Å². The summed E-state index contributed by atoms with van der Waals surface area (Å²) >= 11 is 0. The van der Waals surface area contributed by atoms with E-state index in [9.17, 15) is 13.2 Å². The van der Waals surface area contributed by atoms with E-state index in [1.54, 1.807) is 35.7 Å². The molecule has 0 saturated carbocycles. The molecule has 3 rings (SSSR count). The van der Waals surface area contributed by atoms with E-state index in [1.165, 1.54) is 0 Å². The maximum Gasteiger partial charge on any atom is 0.243 e. The molecule has 1 heterocycles. The summed E-state index contributed by atoms with van der Waals surface area (Å²) < 4.78 is 32.2. The minimum absolute atomic E-state index is 0.154. The topological polar surface area (TPSA) is 75.7 Å². The molecule has 150 valence electrons. The number of hydrogen-bond donors (Lipinski definition) is 1. The lowest BCUT2D eigenvalue weighted by Crippen LogP contribution is -2.35. The Bertz CT molecular complexity index is 933. The number of anilines is 1. The largest absolute Gasteiger partial charge is 0.495 e. The molecule has 2 aromatic carbocycles. The molecule has 0 atom stereocenters. The van der Waals surface area contributed by atoms with E-state index in [0.29, 0.717) is 24.5 Å². The molecule has 1 saturated heterocycles. The Kier molecular flexibility index (Phi) is 6.36. The number of piperidine rings is 1. The summed E-state index contributed by atoms with van der Waals surface area (Å²) in [6.45, 7) is 3.09. The maximum atomic E-state index is 12.7. The third-order valence-corrected chi connectivity index (χ3v) is 6.78. The van der Waals surface area contributed by atoms with Crippen LogP contribution in [0.3, 0.4) is 0 Å². The molecule has 0 unspecified atom stereocenters. The van der Waals surface area contributed by atoms with Crippen LogP contribution in [0.5, 0.6) is 5.75 Å². The number of sulfonamides is 1. The lowest BCUT2D eigenvalue weighted by Gasteiger charge is -2.25. The molecule has 1 fully saturated rings. The van der Waals surface area contributed by atoms with E-state index in [-0.39, 0.29) is 17.2 Å². The molecule has 1 aliphatic heterocycles. The van der Waals surface area contributed by atoms with Crippen molar-refractivity contribution in [1.29, 1.82) is 0 Å². The first-order chi connectivity index (χ1) is 13.4. The number of amides is 1. The highest BCUT2D eigenvalue weighted by Crippen LogP contribution is 2.25. The van der Waals surface area contributed by atoms with Crippen molar-refractivity contribution in [3.63, 3.8) is 0 Å². The Morgan fingerprint density at radius 3 is 2.39 bits per heavy atom. The van der Waals surface area contributed by atoms with E-state index in [1.807, 2.05) is 25.1 Å². The van der Waals surface area contributed by atoms with Crippen LogP contribution in [0.15, 0.2) is 47.4 Å². The van der Waals surface area contributed by atoms with Crippen molar-refractivity contribution in [3.05, 3.63) is 53.6 Å². The van der Waals surface area contributed by atoms with Crippen LogP contribution in [0.2, 0.25) is 0 Å². The van der Waals surface area contributed by atoms with Gasteiger partial charge in [0.1, 0.15) is 5.75 Å². The molecule has 2 aromatic rings. The number of methoxy groups -OCH3 is 1. The van der Waals surface area contributed by atoms with Crippen LogP contribution in [0, 0.1) is 6.92 Å². The van der Waals surface area contributed by atoms with Gasteiger partial charge >= 0.3 is 0 Å². The standard InChI is InChI=1S/C21H26N2O4S/c1-16-6-11-20(27-2)19(14-16)22-21(24)15-17-7-9-18(10-8-17)28(25,26)23-12-4-3-5-13-23/h6-11,14H,3-5,12-13,15H2,1-2H3,(H,22,24). The summed E-state index contributed by atoms with van der Waals surface area (Å²) in [6, 6.07) is 12.1. The maximum absolute atomic E-state index is 12.7. The zero-order valence-electron chi connectivity index (χ0n) is 16.3. The lowest BCUT2D eigenvalue weighted by molar-refractivity contribution is -0.115. The van der Waals surface area contributed by atoms with Gasteiger partial charge in [-0.15, -0.1) is 0 Å². The predicted octanol–water partition coefficient (Wildman–Crippen LogP) is 3.36. The smallest absolute Gasteiger partial charge is 0.243 e. The van der Waals surface area contributed by atoms with Crippen LogP contribution in [0.1, 0.15) is 30.4 Å². The van der Waals surface area contributed by atoms with E-state index in [0.717, 1.165) is 30.4 Å². The summed E-state index contributed by atoms with van der Waals surface area (Å²) in [6.07, 6.45) is 3.03. The van der Waals surface area contributed by atoms with Crippen molar-refractivity contribution in [2.75, 3.05) is 25.5 Å². The quantitative estimate of drug-likeness (QED) is 0.804. The number of ether oxygens (including phenoxy) is 1. The Balaban J connectivity index is 1.67. The number of carbonyl (C=O) groups excluding carboxylic acids is 1. The minimum Gasteiger partial charge on any atom is -0.495 e. The van der Waals surface area contributed by atoms with Gasteiger partial charge in [0.05, 0.1) is 24.1 Å². The van der Waals surface area contributed by atoms with Gasteiger partial charge in [-0.05, 0) is 55.2 Å². The summed E-state index contributed by atoms with van der Waals surface area (Å²) in [7, 11) is -1.90. The molecule has 0 spiro atoms. The first-order valence-electron chi connectivity index (χ1n) is 9.44. The molecule has 0 bridgehead atoms. The highest BCUT2D eigenvalue weighted by molar-refractivity contribution is 7.89. The van der Waals surface area contributed by atoms with Crippen molar-refractivity contribution in [2.24, 2.45) is 0 Å². The average Bonchev–Trinajstić information content (AvgIpc) is 2.69. The Hall–Kier alpha value is -2.38. The first kappa shape index (κ1) is 20.4. The van der Waals surface area contributed by atoms with Gasteiger partial charge in [0.15, 0.2) is 0 Å². The van der Waals surface area contributed by atoms with E-state index in [2.05, 4.69) is 5.32 Å². The normalized spacial score (nSPS) is 15.2. The van der Waals surface area contributed by atoms with E-state index >= 15 is 0 Å². The molecule has 28 heavy (non-hydrogen) atoms. The van der Waals surface area contributed by atoms with Crippen molar-refractivity contribution in [2.45, 2.75) is 37.5 Å². The van der Waals surface area contributed by atoms with E-state index < -0.39 is 10.0 Å². The monoisotopic (exact) mass is 402 g/mol. The van der Waals surface area contributed by atoms with Crippen LogP contribution in [0.25, 0.3) is 0 Å². The second-order valence-electron chi connectivity index (χ2n) is 7.04. The number of aryl methyl sites for hydroxylation is 1. The fraction of sp³-hybridized carbons (Fsp3) is 0.381. The van der Waals surface area contributed by atoms with Crippen LogP contribution < -0.4 is 10.1 Å². The van der Waals surface area contributed by atoms with Gasteiger partial charge in [0.25, 0.3) is 0 Å². The Labute approximate surface area is 166 Å². The minimum atomic E-state index is -3.45. The van der Waals surface area contributed by atoms with Gasteiger partial charge in [0, 0.05) is 13.1 Å². The molecular weight excluding hydrogens is 376 g/mol. The molecule has 0 aromatic heterocycles. The van der Waals surface area contributed by atoms with Gasteiger partial charge < -0.3 is 10.1 Å². The van der Waals surface area contributed by atoms with Gasteiger partial charge in [0.2, 0.25) is 15.9 Å². The third kappa shape index (κ3) is 4.72. The first-order valence-corrected chi connectivity index (χ1v) is 10.9. The fourth-order valence-electron chi connectivity index (χ4n) is 3.33. The van der Waals surface area contributed by atoms with E-state index in [4.69, 9.17) is 4.74 Å². The Morgan fingerprint density at radius 1 is 1.07 bits per heavy atom. The highest BCUT2D eigenvalue weighted by Gasteiger charge is 2.25. The highest BCUT2D eigenvalue weighted by atomic mass is 32.2. The Morgan fingerprint density at radius 2 is 1.75 bits per heavy atom. The zero-order chi connectivity index (χ0) is 20.1. The fourth-order valence-corrected chi connectivity index (χ4v) is 4.85. The molecule has 1 N–H and O–H groups in total. The molecule has 6 nitrogen and oxygen atoms in total. The molecule has 0 aliphatic carbocycles. The van der Waals surface area contributed by atoms with Crippen molar-refractivity contribution >= 4 is 21.6 Å². The van der Waals surface area contributed by atoms with Crippen molar-refractivity contribution in [3.8, 4) is 5.75 Å². The van der Waals surface area contributed by atoms with Crippen LogP contribution >= 0.6 is 0 Å². The number of rotatable bonds is 6.